The van der Waals surface area contributed by atoms with Gasteiger partial charge in [-0.1, -0.05) is 19.3 Å². The standard InChI is InChI=1S/C20H34N2O/c1-22(18-5-3-2-4-6-18)13-19(23)21-14-20-10-15-7-16(11-20)9-17(8-15)12-20/h15-18H,2-14H2,1H3,(H,21,23). The van der Waals surface area contributed by atoms with E-state index in [0.717, 1.165) is 24.3 Å². The maximum absolute atomic E-state index is 12.4. The first-order chi connectivity index (χ1) is 11.1. The molecule has 0 aliphatic heterocycles. The van der Waals surface area contributed by atoms with Crippen LogP contribution in [0.4, 0.5) is 0 Å². The molecule has 0 heterocycles. The summed E-state index contributed by atoms with van der Waals surface area (Å²) in [5, 5.41) is 3.33. The summed E-state index contributed by atoms with van der Waals surface area (Å²) in [5.74, 6) is 3.18. The molecule has 1 N–H and O–H groups in total. The molecule has 5 fully saturated rings. The zero-order valence-corrected chi connectivity index (χ0v) is 14.9. The lowest BCUT2D eigenvalue weighted by Gasteiger charge is -2.57. The highest BCUT2D eigenvalue weighted by atomic mass is 16.2. The van der Waals surface area contributed by atoms with Gasteiger partial charge in [-0.3, -0.25) is 9.69 Å². The fourth-order valence-corrected chi connectivity index (χ4v) is 6.73. The van der Waals surface area contributed by atoms with Crippen molar-refractivity contribution < 1.29 is 4.79 Å². The highest BCUT2D eigenvalue weighted by molar-refractivity contribution is 5.78. The first-order valence-electron chi connectivity index (χ1n) is 10.1. The topological polar surface area (TPSA) is 32.3 Å². The van der Waals surface area contributed by atoms with Gasteiger partial charge in [0.05, 0.1) is 6.54 Å². The maximum Gasteiger partial charge on any atom is 0.234 e. The van der Waals surface area contributed by atoms with Crippen molar-refractivity contribution in [3.05, 3.63) is 0 Å². The Kier molecular flexibility index (Phi) is 4.42. The molecule has 0 aromatic carbocycles. The molecule has 0 spiro atoms. The van der Waals surface area contributed by atoms with E-state index in [1.165, 1.54) is 70.6 Å². The number of carbonyl (C=O) groups is 1. The lowest BCUT2D eigenvalue weighted by Crippen LogP contribution is -2.52. The molecule has 3 heteroatoms. The van der Waals surface area contributed by atoms with Gasteiger partial charge in [-0.15, -0.1) is 0 Å². The van der Waals surface area contributed by atoms with Crippen LogP contribution in [0.25, 0.3) is 0 Å². The van der Waals surface area contributed by atoms with Crippen LogP contribution in [-0.2, 0) is 4.79 Å². The van der Waals surface area contributed by atoms with E-state index in [-0.39, 0.29) is 5.91 Å². The Bertz CT molecular complexity index is 406. The predicted octanol–water partition coefficient (Wildman–Crippen LogP) is 3.58. The number of nitrogens with zero attached hydrogens (tertiary/aromatic N) is 1. The van der Waals surface area contributed by atoms with Gasteiger partial charge in [-0.25, -0.2) is 0 Å². The Labute approximate surface area is 141 Å². The zero-order chi connectivity index (χ0) is 15.9. The number of carbonyl (C=O) groups excluding carboxylic acids is 1. The number of rotatable bonds is 5. The number of hydrogen-bond acceptors (Lipinski definition) is 2. The molecule has 0 saturated heterocycles. The van der Waals surface area contributed by atoms with Crippen LogP contribution in [0, 0.1) is 23.2 Å². The summed E-state index contributed by atoms with van der Waals surface area (Å²) in [5.41, 5.74) is 0.466. The van der Waals surface area contributed by atoms with E-state index in [4.69, 9.17) is 0 Å². The third-order valence-electron chi connectivity index (χ3n) is 7.42. The summed E-state index contributed by atoms with van der Waals surface area (Å²) in [6, 6.07) is 0.633. The van der Waals surface area contributed by atoms with Crippen molar-refractivity contribution >= 4 is 5.91 Å². The molecule has 0 unspecified atom stereocenters. The van der Waals surface area contributed by atoms with Gasteiger partial charge in [0.25, 0.3) is 0 Å². The summed E-state index contributed by atoms with van der Waals surface area (Å²) < 4.78 is 0. The smallest absolute Gasteiger partial charge is 0.234 e. The van der Waals surface area contributed by atoms with E-state index in [1.54, 1.807) is 0 Å². The van der Waals surface area contributed by atoms with Crippen LogP contribution >= 0.6 is 0 Å². The molecule has 23 heavy (non-hydrogen) atoms. The lowest BCUT2D eigenvalue weighted by atomic mass is 9.49. The van der Waals surface area contributed by atoms with Crippen molar-refractivity contribution in [2.24, 2.45) is 23.2 Å². The Morgan fingerprint density at radius 3 is 2.13 bits per heavy atom. The molecule has 5 rings (SSSR count). The SMILES string of the molecule is CN(CC(=O)NCC12CC3CC(CC(C3)C1)C2)C1CCCCC1. The molecule has 130 valence electrons. The summed E-state index contributed by atoms with van der Waals surface area (Å²) in [7, 11) is 2.14. The Hall–Kier alpha value is -0.570. The van der Waals surface area contributed by atoms with Crippen molar-refractivity contribution in [2.75, 3.05) is 20.1 Å². The summed E-state index contributed by atoms with van der Waals surface area (Å²) in [6.45, 7) is 1.55. The molecule has 1 amide bonds. The molecule has 4 bridgehead atoms. The largest absolute Gasteiger partial charge is 0.354 e. The highest BCUT2D eigenvalue weighted by Gasteiger charge is 2.50. The van der Waals surface area contributed by atoms with Crippen molar-refractivity contribution in [3.8, 4) is 0 Å². The van der Waals surface area contributed by atoms with Crippen LogP contribution in [0.2, 0.25) is 0 Å². The second kappa shape index (κ2) is 6.38. The van der Waals surface area contributed by atoms with E-state index in [1.807, 2.05) is 0 Å². The fourth-order valence-electron chi connectivity index (χ4n) is 6.73. The predicted molar refractivity (Wildman–Crippen MR) is 93.1 cm³/mol. The summed E-state index contributed by atoms with van der Waals surface area (Å²) in [6.07, 6.45) is 15.2. The molecule has 0 aromatic heterocycles. The third-order valence-corrected chi connectivity index (χ3v) is 7.42. The Balaban J connectivity index is 1.26. The third kappa shape index (κ3) is 3.45. The van der Waals surface area contributed by atoms with E-state index in [9.17, 15) is 4.79 Å². The molecular weight excluding hydrogens is 284 g/mol. The van der Waals surface area contributed by atoms with E-state index < -0.39 is 0 Å². The van der Waals surface area contributed by atoms with Crippen LogP contribution in [0.3, 0.4) is 0 Å². The van der Waals surface area contributed by atoms with Crippen molar-refractivity contribution in [2.45, 2.75) is 76.7 Å². The van der Waals surface area contributed by atoms with Gasteiger partial charge in [0.1, 0.15) is 0 Å². The van der Waals surface area contributed by atoms with Gasteiger partial charge in [0.2, 0.25) is 5.91 Å². The Morgan fingerprint density at radius 2 is 1.57 bits per heavy atom. The minimum Gasteiger partial charge on any atom is -0.354 e. The molecular formula is C20H34N2O. The monoisotopic (exact) mass is 318 g/mol. The number of hydrogen-bond donors (Lipinski definition) is 1. The molecule has 5 aliphatic carbocycles. The van der Waals surface area contributed by atoms with Gasteiger partial charge >= 0.3 is 0 Å². The average molecular weight is 319 g/mol. The minimum absolute atomic E-state index is 0.258. The first-order valence-corrected chi connectivity index (χ1v) is 10.1. The van der Waals surface area contributed by atoms with Gasteiger partial charge in [-0.2, -0.15) is 0 Å². The van der Waals surface area contributed by atoms with Crippen LogP contribution in [0.1, 0.15) is 70.6 Å². The minimum atomic E-state index is 0.258. The van der Waals surface area contributed by atoms with Gasteiger partial charge in [0.15, 0.2) is 0 Å². The van der Waals surface area contributed by atoms with Crippen molar-refractivity contribution in [1.29, 1.82) is 0 Å². The summed E-state index contributed by atoms with van der Waals surface area (Å²) in [4.78, 5) is 14.7. The molecule has 0 atom stereocenters. The second-order valence-electron chi connectivity index (χ2n) is 9.40. The van der Waals surface area contributed by atoms with Crippen LogP contribution in [0.15, 0.2) is 0 Å². The molecule has 0 radical (unpaired) electrons. The first kappa shape index (κ1) is 15.9. The molecule has 3 nitrogen and oxygen atoms in total. The van der Waals surface area contributed by atoms with Gasteiger partial charge < -0.3 is 5.32 Å². The quantitative estimate of drug-likeness (QED) is 0.840. The number of amides is 1. The Morgan fingerprint density at radius 1 is 1.00 bits per heavy atom. The van der Waals surface area contributed by atoms with Crippen LogP contribution < -0.4 is 5.32 Å². The molecule has 0 aromatic rings. The second-order valence-corrected chi connectivity index (χ2v) is 9.40. The van der Waals surface area contributed by atoms with E-state index >= 15 is 0 Å². The maximum atomic E-state index is 12.4. The zero-order valence-electron chi connectivity index (χ0n) is 14.9. The van der Waals surface area contributed by atoms with Crippen molar-refractivity contribution in [3.63, 3.8) is 0 Å². The van der Waals surface area contributed by atoms with E-state index in [0.29, 0.717) is 18.0 Å². The van der Waals surface area contributed by atoms with E-state index in [2.05, 4.69) is 17.3 Å². The molecule has 5 aliphatic rings. The van der Waals surface area contributed by atoms with Crippen LogP contribution in [0.5, 0.6) is 0 Å². The van der Waals surface area contributed by atoms with Gasteiger partial charge in [-0.05, 0) is 81.6 Å². The van der Waals surface area contributed by atoms with Crippen molar-refractivity contribution in [1.82, 2.24) is 10.2 Å². The fraction of sp³-hybridized carbons (Fsp3) is 0.950. The average Bonchev–Trinajstić information content (AvgIpc) is 2.53. The van der Waals surface area contributed by atoms with Crippen LogP contribution in [-0.4, -0.2) is 37.0 Å². The molecule has 5 saturated carbocycles. The lowest BCUT2D eigenvalue weighted by molar-refractivity contribution is -0.124. The highest BCUT2D eigenvalue weighted by Crippen LogP contribution is 2.59. The number of likely N-dealkylation sites (N-methyl/N-ethyl adjacent to an activating group) is 1. The summed E-state index contributed by atoms with van der Waals surface area (Å²) >= 11 is 0. The van der Waals surface area contributed by atoms with Gasteiger partial charge in [0, 0.05) is 12.6 Å². The number of nitrogens with one attached hydrogen (secondary N) is 1. The normalized spacial score (nSPS) is 39.8.